The molecule has 2 unspecified atom stereocenters. The molecule has 0 aromatic heterocycles. The molecule has 1 fully saturated rings. The van der Waals surface area contributed by atoms with Crippen molar-refractivity contribution in [2.75, 3.05) is 20.1 Å². The molecule has 122 valence electrons. The second-order valence-corrected chi connectivity index (χ2v) is 7.92. The molecule has 3 nitrogen and oxygen atoms in total. The molecule has 1 aromatic carbocycles. The largest absolute Gasteiger partial charge is 0.352 e. The van der Waals surface area contributed by atoms with E-state index in [-0.39, 0.29) is 17.4 Å². The van der Waals surface area contributed by atoms with Gasteiger partial charge in [0.15, 0.2) is 0 Å². The molecule has 1 aromatic rings. The first-order valence-electron chi connectivity index (χ1n) is 8.23. The summed E-state index contributed by atoms with van der Waals surface area (Å²) in [5.41, 5.74) is 3.75. The summed E-state index contributed by atoms with van der Waals surface area (Å²) in [6.07, 6.45) is 1.02. The first kappa shape index (κ1) is 17.0. The summed E-state index contributed by atoms with van der Waals surface area (Å²) in [6, 6.07) is 7.00. The Hall–Kier alpha value is -1.35. The number of benzene rings is 1. The molecule has 0 aliphatic carbocycles. The second-order valence-electron chi connectivity index (χ2n) is 7.92. The lowest BCUT2D eigenvalue weighted by Crippen LogP contribution is -2.51. The van der Waals surface area contributed by atoms with Gasteiger partial charge >= 0.3 is 0 Å². The molecule has 3 heteroatoms. The Bertz CT molecular complexity index is 545. The minimum atomic E-state index is -0.327. The van der Waals surface area contributed by atoms with Gasteiger partial charge in [0.1, 0.15) is 0 Å². The number of carbonyl (C=O) groups is 1. The highest BCUT2D eigenvalue weighted by molar-refractivity contribution is 5.81. The van der Waals surface area contributed by atoms with Crippen LogP contribution in [0.3, 0.4) is 0 Å². The summed E-state index contributed by atoms with van der Waals surface area (Å²) in [4.78, 5) is 14.6. The third-order valence-corrected chi connectivity index (χ3v) is 4.65. The average molecular weight is 302 g/mol. The third kappa shape index (κ3) is 4.10. The van der Waals surface area contributed by atoms with Gasteiger partial charge in [0, 0.05) is 24.5 Å². The number of carbonyl (C=O) groups excluding carboxylic acids is 1. The van der Waals surface area contributed by atoms with Crippen LogP contribution in [0.1, 0.15) is 49.8 Å². The lowest BCUT2D eigenvalue weighted by molar-refractivity contribution is -0.129. The van der Waals surface area contributed by atoms with E-state index in [9.17, 15) is 4.79 Å². The summed E-state index contributed by atoms with van der Waals surface area (Å²) in [5.74, 6) is 0.634. The van der Waals surface area contributed by atoms with E-state index in [1.165, 1.54) is 16.7 Å². The molecule has 0 bridgehead atoms. The number of likely N-dealkylation sites (tertiary alicyclic amines) is 1. The fraction of sp³-hybridized carbons (Fsp3) is 0.632. The highest BCUT2D eigenvalue weighted by Crippen LogP contribution is 2.28. The third-order valence-electron chi connectivity index (χ3n) is 4.65. The molecule has 0 radical (unpaired) electrons. The van der Waals surface area contributed by atoms with Crippen molar-refractivity contribution in [2.45, 2.75) is 53.0 Å². The van der Waals surface area contributed by atoms with E-state index in [1.54, 1.807) is 0 Å². The zero-order chi connectivity index (χ0) is 16.5. The van der Waals surface area contributed by atoms with Gasteiger partial charge in [-0.3, -0.25) is 4.79 Å². The molecule has 0 saturated carbocycles. The van der Waals surface area contributed by atoms with Crippen LogP contribution < -0.4 is 5.32 Å². The maximum Gasteiger partial charge on any atom is 0.225 e. The molecule has 1 aliphatic heterocycles. The molecule has 1 aliphatic rings. The van der Waals surface area contributed by atoms with E-state index < -0.39 is 0 Å². The van der Waals surface area contributed by atoms with Crippen molar-refractivity contribution >= 4 is 5.91 Å². The zero-order valence-electron chi connectivity index (χ0n) is 14.9. The van der Waals surface area contributed by atoms with Gasteiger partial charge in [-0.2, -0.15) is 0 Å². The highest BCUT2D eigenvalue weighted by Gasteiger charge is 2.30. The quantitative estimate of drug-likeness (QED) is 0.909. The van der Waals surface area contributed by atoms with Crippen LogP contribution in [0, 0.1) is 19.3 Å². The molecule has 1 saturated heterocycles. The van der Waals surface area contributed by atoms with Crippen molar-refractivity contribution in [3.63, 3.8) is 0 Å². The molecule has 1 N–H and O–H groups in total. The minimum Gasteiger partial charge on any atom is -0.352 e. The smallest absolute Gasteiger partial charge is 0.225 e. The number of nitrogens with one attached hydrogen (secondary N) is 1. The van der Waals surface area contributed by atoms with Gasteiger partial charge in [0.2, 0.25) is 5.91 Å². The highest BCUT2D eigenvalue weighted by atomic mass is 16.2. The van der Waals surface area contributed by atoms with Gasteiger partial charge < -0.3 is 10.2 Å². The maximum atomic E-state index is 12.3. The Morgan fingerprint density at radius 2 is 1.86 bits per heavy atom. The molecule has 1 amide bonds. The van der Waals surface area contributed by atoms with E-state index in [0.29, 0.717) is 5.92 Å². The molecule has 0 spiro atoms. The number of rotatable bonds is 2. The van der Waals surface area contributed by atoms with Crippen LogP contribution in [0.2, 0.25) is 0 Å². The van der Waals surface area contributed by atoms with Crippen LogP contribution in [-0.4, -0.2) is 37.0 Å². The number of hydrogen-bond acceptors (Lipinski definition) is 2. The van der Waals surface area contributed by atoms with Gasteiger partial charge in [0.25, 0.3) is 0 Å². The fourth-order valence-corrected chi connectivity index (χ4v) is 3.09. The summed E-state index contributed by atoms with van der Waals surface area (Å²) in [6.45, 7) is 12.2. The Kier molecular flexibility index (Phi) is 4.96. The van der Waals surface area contributed by atoms with E-state index in [0.717, 1.165) is 19.5 Å². The Morgan fingerprint density at radius 1 is 1.18 bits per heavy atom. The SMILES string of the molecule is Cc1ccc(C2CC(NC(=O)C(C)(C)C)CN(C)C2)cc1C. The summed E-state index contributed by atoms with van der Waals surface area (Å²) < 4.78 is 0. The summed E-state index contributed by atoms with van der Waals surface area (Å²) in [7, 11) is 2.14. The normalized spacial score (nSPS) is 23.4. The monoisotopic (exact) mass is 302 g/mol. The van der Waals surface area contributed by atoms with Crippen molar-refractivity contribution in [1.82, 2.24) is 10.2 Å². The topological polar surface area (TPSA) is 32.3 Å². The molecular weight excluding hydrogens is 272 g/mol. The molecular formula is C19H30N2O. The van der Waals surface area contributed by atoms with Gasteiger partial charge in [-0.15, -0.1) is 0 Å². The number of aryl methyl sites for hydroxylation is 2. The Morgan fingerprint density at radius 3 is 2.45 bits per heavy atom. The first-order valence-corrected chi connectivity index (χ1v) is 8.23. The van der Waals surface area contributed by atoms with E-state index in [4.69, 9.17) is 0 Å². The van der Waals surface area contributed by atoms with Crippen LogP contribution in [0.15, 0.2) is 18.2 Å². The molecule has 2 rings (SSSR count). The second kappa shape index (κ2) is 6.41. The fourth-order valence-electron chi connectivity index (χ4n) is 3.09. The maximum absolute atomic E-state index is 12.3. The molecule has 22 heavy (non-hydrogen) atoms. The predicted octanol–water partition coefficient (Wildman–Crippen LogP) is 3.25. The van der Waals surface area contributed by atoms with Crippen molar-refractivity contribution in [2.24, 2.45) is 5.41 Å². The summed E-state index contributed by atoms with van der Waals surface area (Å²) >= 11 is 0. The number of likely N-dealkylation sites (N-methyl/N-ethyl adjacent to an activating group) is 1. The van der Waals surface area contributed by atoms with Crippen LogP contribution >= 0.6 is 0 Å². The van der Waals surface area contributed by atoms with Crippen LogP contribution in [-0.2, 0) is 4.79 Å². The van der Waals surface area contributed by atoms with Crippen molar-refractivity contribution < 1.29 is 4.79 Å². The lowest BCUT2D eigenvalue weighted by Gasteiger charge is -2.37. The molecule has 2 atom stereocenters. The van der Waals surface area contributed by atoms with E-state index >= 15 is 0 Å². The van der Waals surface area contributed by atoms with Crippen molar-refractivity contribution in [1.29, 1.82) is 0 Å². The predicted molar refractivity (Wildman–Crippen MR) is 92.2 cm³/mol. The van der Waals surface area contributed by atoms with Crippen molar-refractivity contribution in [3.05, 3.63) is 34.9 Å². The first-order chi connectivity index (χ1) is 10.2. The minimum absolute atomic E-state index is 0.145. The molecule has 1 heterocycles. The van der Waals surface area contributed by atoms with E-state index in [2.05, 4.69) is 49.3 Å². The van der Waals surface area contributed by atoms with Gasteiger partial charge in [-0.05, 0) is 49.9 Å². The number of amides is 1. The van der Waals surface area contributed by atoms with Gasteiger partial charge in [0.05, 0.1) is 0 Å². The standard InChI is InChI=1S/C19H30N2O/c1-13-7-8-15(9-14(13)2)16-10-17(12-21(6)11-16)20-18(22)19(3,4)5/h7-9,16-17H,10-12H2,1-6H3,(H,20,22). The Balaban J connectivity index is 2.10. The Labute approximate surface area is 135 Å². The number of hydrogen-bond donors (Lipinski definition) is 1. The van der Waals surface area contributed by atoms with Gasteiger partial charge in [-0.25, -0.2) is 0 Å². The van der Waals surface area contributed by atoms with Crippen LogP contribution in [0.25, 0.3) is 0 Å². The number of piperidine rings is 1. The number of nitrogens with zero attached hydrogens (tertiary/aromatic N) is 1. The van der Waals surface area contributed by atoms with Gasteiger partial charge in [-0.1, -0.05) is 39.0 Å². The van der Waals surface area contributed by atoms with E-state index in [1.807, 2.05) is 20.8 Å². The van der Waals surface area contributed by atoms with Crippen molar-refractivity contribution in [3.8, 4) is 0 Å². The zero-order valence-corrected chi connectivity index (χ0v) is 14.9. The van der Waals surface area contributed by atoms with Crippen LogP contribution in [0.4, 0.5) is 0 Å². The lowest BCUT2D eigenvalue weighted by atomic mass is 9.86. The summed E-state index contributed by atoms with van der Waals surface area (Å²) in [5, 5.41) is 3.23. The average Bonchev–Trinajstić information content (AvgIpc) is 2.40. The van der Waals surface area contributed by atoms with Crippen LogP contribution in [0.5, 0.6) is 0 Å².